The maximum Gasteiger partial charge on any atom is 0.306 e. The van der Waals surface area contributed by atoms with Crippen molar-refractivity contribution in [1.82, 2.24) is 15.2 Å². The molecule has 0 saturated carbocycles. The van der Waals surface area contributed by atoms with Gasteiger partial charge in [-0.2, -0.15) is 0 Å². The highest BCUT2D eigenvalue weighted by atomic mass is 32.2. The van der Waals surface area contributed by atoms with Crippen molar-refractivity contribution in [2.75, 3.05) is 30.5 Å². The third kappa shape index (κ3) is 6.71. The maximum atomic E-state index is 13.0. The SMILES string of the molecule is Nc1nc(/C(=N/OCCC(=O)O)C(=O)N[C@@H]2C(=O)N3C(C(=O)[O-])=C(CSc4cc[n+](CCF)cc4)CS[C@H]23)cs1. The minimum Gasteiger partial charge on any atom is -0.543 e. The van der Waals surface area contributed by atoms with Gasteiger partial charge in [-0.3, -0.25) is 19.3 Å². The number of hydrogen-bond donors (Lipinski definition) is 3. The Kier molecular flexibility index (Phi) is 9.59. The molecule has 4 N–H and O–H groups in total. The van der Waals surface area contributed by atoms with Gasteiger partial charge in [-0.25, -0.2) is 13.9 Å². The van der Waals surface area contributed by atoms with Crippen LogP contribution in [-0.2, 0) is 30.6 Å². The van der Waals surface area contributed by atoms with E-state index >= 15 is 0 Å². The van der Waals surface area contributed by atoms with Crippen LogP contribution in [0.3, 0.4) is 0 Å². The standard InChI is InChI=1S/C23H23FN6O7S3/c24-4-7-29-5-1-13(2-6-29)38-9-12-10-39-21-17(20(34)30(21)18(12)22(35)36)27-19(33)16(14-11-40-23(25)26-14)28-37-8-3-15(31)32/h1-2,5-6,11,17,21H,3-4,7-10H2,(H4-,25,26,27,31,32,33,35,36)/b28-16-/t17-,21-/m1/s1. The molecule has 2 amide bonds. The number of alkyl halides is 1. The van der Waals surface area contributed by atoms with Crippen molar-refractivity contribution in [2.45, 2.75) is 29.3 Å². The number of nitrogen functional groups attached to an aromatic ring is 1. The van der Waals surface area contributed by atoms with Gasteiger partial charge < -0.3 is 30.9 Å². The molecule has 40 heavy (non-hydrogen) atoms. The molecule has 2 aliphatic heterocycles. The lowest BCUT2D eigenvalue weighted by Gasteiger charge is -2.50. The summed E-state index contributed by atoms with van der Waals surface area (Å²) < 4.78 is 14.2. The van der Waals surface area contributed by atoms with Crippen molar-refractivity contribution in [2.24, 2.45) is 5.16 Å². The molecule has 4 heterocycles. The zero-order valence-electron chi connectivity index (χ0n) is 20.6. The van der Waals surface area contributed by atoms with E-state index in [0.29, 0.717) is 5.57 Å². The second-order valence-corrected chi connectivity index (χ2v) is 11.4. The van der Waals surface area contributed by atoms with E-state index in [2.05, 4.69) is 15.5 Å². The minimum atomic E-state index is -1.50. The number of aryl methyl sites for hydroxylation is 1. The molecule has 13 nitrogen and oxygen atoms in total. The monoisotopic (exact) mass is 610 g/mol. The van der Waals surface area contributed by atoms with Crippen LogP contribution in [0.1, 0.15) is 12.1 Å². The number of nitrogens with two attached hydrogens (primary N) is 1. The fourth-order valence-corrected chi connectivity index (χ4v) is 6.71. The number of fused-ring (bicyclic) bond motifs is 1. The highest BCUT2D eigenvalue weighted by Gasteiger charge is 2.53. The van der Waals surface area contributed by atoms with Gasteiger partial charge in [0.15, 0.2) is 29.8 Å². The number of aromatic nitrogens is 2. The Bertz CT molecular complexity index is 1370. The van der Waals surface area contributed by atoms with Crippen LogP contribution in [0.4, 0.5) is 9.52 Å². The van der Waals surface area contributed by atoms with Crippen molar-refractivity contribution in [3.8, 4) is 0 Å². The Morgan fingerprint density at radius 3 is 2.75 bits per heavy atom. The van der Waals surface area contributed by atoms with Crippen molar-refractivity contribution in [3.05, 3.63) is 46.9 Å². The number of carboxylic acid groups (broad SMARTS) is 2. The third-order valence-corrected chi connectivity index (χ3v) is 8.80. The number of aliphatic carboxylic acids is 2. The highest BCUT2D eigenvalue weighted by Crippen LogP contribution is 2.41. The molecular formula is C23H23FN6O7S3. The summed E-state index contributed by atoms with van der Waals surface area (Å²) in [7, 11) is 0. The summed E-state index contributed by atoms with van der Waals surface area (Å²) in [6, 6.07) is 2.53. The smallest absolute Gasteiger partial charge is 0.306 e. The third-order valence-electron chi connectivity index (χ3n) is 5.69. The molecule has 4 rings (SSSR count). The molecule has 2 atom stereocenters. The number of oxime groups is 1. The summed E-state index contributed by atoms with van der Waals surface area (Å²) >= 11 is 3.70. The second-order valence-electron chi connectivity index (χ2n) is 8.34. The van der Waals surface area contributed by atoms with Gasteiger partial charge in [0.2, 0.25) is 0 Å². The number of amides is 2. The molecule has 0 aromatic carbocycles. The Balaban J connectivity index is 1.45. The largest absolute Gasteiger partial charge is 0.543 e. The fourth-order valence-electron chi connectivity index (χ4n) is 3.79. The second kappa shape index (κ2) is 13.1. The number of thioether (sulfide) groups is 2. The first-order chi connectivity index (χ1) is 19.2. The lowest BCUT2D eigenvalue weighted by atomic mass is 10.0. The molecule has 0 aliphatic carbocycles. The zero-order valence-corrected chi connectivity index (χ0v) is 23.1. The number of carbonyl (C=O) groups is 4. The number of carboxylic acids is 2. The molecule has 2 aromatic rings. The normalized spacial score (nSPS) is 18.7. The van der Waals surface area contributed by atoms with E-state index in [9.17, 15) is 28.7 Å². The highest BCUT2D eigenvalue weighted by molar-refractivity contribution is 8.01. The lowest BCUT2D eigenvalue weighted by molar-refractivity contribution is -0.697. The van der Waals surface area contributed by atoms with Gasteiger partial charge in [-0.05, 0) is 5.57 Å². The molecule has 212 valence electrons. The van der Waals surface area contributed by atoms with Crippen LogP contribution < -0.4 is 20.7 Å². The van der Waals surface area contributed by atoms with E-state index in [4.69, 9.17) is 15.7 Å². The molecular weight excluding hydrogens is 587 g/mol. The predicted molar refractivity (Wildman–Crippen MR) is 142 cm³/mol. The maximum absolute atomic E-state index is 13.0. The van der Waals surface area contributed by atoms with Gasteiger partial charge in [0, 0.05) is 33.9 Å². The number of hydrogen-bond acceptors (Lipinski definition) is 12. The molecule has 17 heteroatoms. The number of thiazole rings is 1. The number of anilines is 1. The molecule has 1 saturated heterocycles. The van der Waals surface area contributed by atoms with Crippen molar-refractivity contribution >= 4 is 69.5 Å². The number of pyridine rings is 1. The molecule has 0 spiro atoms. The molecule has 2 aliphatic rings. The van der Waals surface area contributed by atoms with E-state index in [0.717, 1.165) is 21.1 Å². The van der Waals surface area contributed by atoms with Crippen LogP contribution in [0.2, 0.25) is 0 Å². The molecule has 0 bridgehead atoms. The van der Waals surface area contributed by atoms with E-state index in [1.165, 1.54) is 28.9 Å². The number of carbonyl (C=O) groups excluding carboxylic acids is 3. The van der Waals surface area contributed by atoms with Crippen LogP contribution in [0.5, 0.6) is 0 Å². The lowest BCUT2D eigenvalue weighted by Crippen LogP contribution is -2.71. The number of rotatable bonds is 13. The van der Waals surface area contributed by atoms with Crippen LogP contribution in [0.15, 0.2) is 51.2 Å². The van der Waals surface area contributed by atoms with E-state index in [1.54, 1.807) is 29.1 Å². The van der Waals surface area contributed by atoms with Crippen LogP contribution in [0.25, 0.3) is 0 Å². The zero-order chi connectivity index (χ0) is 28.8. The summed E-state index contributed by atoms with van der Waals surface area (Å²) in [5.74, 6) is -3.51. The van der Waals surface area contributed by atoms with E-state index < -0.39 is 41.8 Å². The van der Waals surface area contributed by atoms with Gasteiger partial charge in [0.25, 0.3) is 11.8 Å². The molecule has 1 fully saturated rings. The first-order valence-electron chi connectivity index (χ1n) is 11.7. The number of nitrogens with one attached hydrogen (secondary N) is 1. The van der Waals surface area contributed by atoms with E-state index in [1.807, 2.05) is 0 Å². The van der Waals surface area contributed by atoms with Gasteiger partial charge in [-0.1, -0.05) is 5.16 Å². The Labute approximate surface area is 239 Å². The van der Waals surface area contributed by atoms with Crippen LogP contribution in [0, 0.1) is 0 Å². The summed E-state index contributed by atoms with van der Waals surface area (Å²) in [6.07, 6.45) is 3.10. The first kappa shape index (κ1) is 29.3. The summed E-state index contributed by atoms with van der Waals surface area (Å²) in [5.41, 5.74) is 5.68. The van der Waals surface area contributed by atoms with Crippen molar-refractivity contribution in [1.29, 1.82) is 0 Å². The number of nitrogens with zero attached hydrogens (tertiary/aromatic N) is 4. The van der Waals surface area contributed by atoms with Crippen LogP contribution >= 0.6 is 34.9 Å². The summed E-state index contributed by atoms with van der Waals surface area (Å²) in [5, 5.41) is 28.0. The number of halogens is 1. The quantitative estimate of drug-likeness (QED) is 0.0654. The van der Waals surface area contributed by atoms with Crippen molar-refractivity contribution < 1.29 is 43.2 Å². The Morgan fingerprint density at radius 2 is 2.12 bits per heavy atom. The van der Waals surface area contributed by atoms with Gasteiger partial charge in [-0.15, -0.1) is 34.9 Å². The predicted octanol–water partition coefficient (Wildman–Crippen LogP) is -0.626. The molecule has 0 radical (unpaired) electrons. The minimum absolute atomic E-state index is 0.0704. The van der Waals surface area contributed by atoms with Crippen LogP contribution in [-0.4, -0.2) is 80.7 Å². The average Bonchev–Trinajstić information content (AvgIpc) is 3.36. The molecule has 0 unspecified atom stereocenters. The Morgan fingerprint density at radius 1 is 1.38 bits per heavy atom. The topological polar surface area (TPSA) is 191 Å². The number of β-lactam (4-membered cyclic amide) rings is 1. The Hall–Kier alpha value is -3.70. The van der Waals surface area contributed by atoms with Gasteiger partial charge >= 0.3 is 5.97 Å². The average molecular weight is 611 g/mol. The van der Waals surface area contributed by atoms with Gasteiger partial charge in [0.1, 0.15) is 30.4 Å². The molecule has 2 aromatic heterocycles. The summed E-state index contributed by atoms with van der Waals surface area (Å²) in [6.45, 7) is -0.556. The summed E-state index contributed by atoms with van der Waals surface area (Å²) in [4.78, 5) is 59.7. The fraction of sp³-hybridized carbons (Fsp3) is 0.348. The first-order valence-corrected chi connectivity index (χ1v) is 14.6. The van der Waals surface area contributed by atoms with Gasteiger partial charge in [0.05, 0.1) is 18.1 Å². The van der Waals surface area contributed by atoms with E-state index in [-0.39, 0.29) is 53.3 Å². The van der Waals surface area contributed by atoms with Crippen molar-refractivity contribution in [3.63, 3.8) is 0 Å².